The van der Waals surface area contributed by atoms with Crippen LogP contribution in [0.25, 0.3) is 0 Å². The lowest BCUT2D eigenvalue weighted by molar-refractivity contribution is 0.222. The van der Waals surface area contributed by atoms with Crippen molar-refractivity contribution in [1.82, 2.24) is 10.2 Å². The summed E-state index contributed by atoms with van der Waals surface area (Å²) in [6.45, 7) is 3.87. The third-order valence-electron chi connectivity index (χ3n) is 3.52. The predicted octanol–water partition coefficient (Wildman–Crippen LogP) is 0.884. The second-order valence-corrected chi connectivity index (χ2v) is 7.43. The summed E-state index contributed by atoms with van der Waals surface area (Å²) in [6.07, 6.45) is 6.10. The zero-order valence-electron chi connectivity index (χ0n) is 11.3. The molecule has 0 saturated heterocycles. The van der Waals surface area contributed by atoms with Crippen LogP contribution in [-0.2, 0) is 9.84 Å². The molecule has 2 unspecified atom stereocenters. The van der Waals surface area contributed by atoms with Crippen LogP contribution in [0.5, 0.6) is 0 Å². The van der Waals surface area contributed by atoms with E-state index in [0.717, 1.165) is 13.0 Å². The average Bonchev–Trinajstić information content (AvgIpc) is 2.70. The summed E-state index contributed by atoms with van der Waals surface area (Å²) in [5.41, 5.74) is 0. The topological polar surface area (TPSA) is 49.4 Å². The van der Waals surface area contributed by atoms with Crippen LogP contribution in [0.3, 0.4) is 0 Å². The second-order valence-electron chi connectivity index (χ2n) is 5.17. The van der Waals surface area contributed by atoms with Crippen LogP contribution in [0.1, 0.15) is 32.6 Å². The molecule has 0 aromatic carbocycles. The highest BCUT2D eigenvalue weighted by Gasteiger charge is 2.29. The Balaban J connectivity index is 2.41. The van der Waals surface area contributed by atoms with Gasteiger partial charge in [0.1, 0.15) is 9.84 Å². The molecule has 0 bridgehead atoms. The normalized spacial score (nSPS) is 25.6. The van der Waals surface area contributed by atoms with Crippen LogP contribution in [0.15, 0.2) is 0 Å². The van der Waals surface area contributed by atoms with E-state index in [9.17, 15) is 8.42 Å². The molecule has 17 heavy (non-hydrogen) atoms. The molecule has 2 atom stereocenters. The van der Waals surface area contributed by atoms with Crippen molar-refractivity contribution in [3.8, 4) is 0 Å². The molecule has 1 saturated carbocycles. The Labute approximate surface area is 106 Å². The fraction of sp³-hybridized carbons (Fsp3) is 1.00. The van der Waals surface area contributed by atoms with Gasteiger partial charge in [0.2, 0.25) is 0 Å². The molecule has 0 aromatic rings. The first-order valence-electron chi connectivity index (χ1n) is 6.55. The number of hydrogen-bond acceptors (Lipinski definition) is 4. The maximum absolute atomic E-state index is 11.2. The number of hydrogen-bond donors (Lipinski definition) is 1. The molecule has 1 rings (SSSR count). The van der Waals surface area contributed by atoms with Gasteiger partial charge in [0.05, 0.1) is 5.75 Å². The summed E-state index contributed by atoms with van der Waals surface area (Å²) in [7, 11) is -0.802. The van der Waals surface area contributed by atoms with Crippen LogP contribution >= 0.6 is 0 Å². The van der Waals surface area contributed by atoms with Gasteiger partial charge in [-0.1, -0.05) is 13.3 Å². The summed E-state index contributed by atoms with van der Waals surface area (Å²) in [5, 5.41) is 3.57. The van der Waals surface area contributed by atoms with Crippen molar-refractivity contribution < 1.29 is 8.42 Å². The minimum Gasteiger partial charge on any atom is -0.312 e. The minimum absolute atomic E-state index is 0.264. The summed E-state index contributed by atoms with van der Waals surface area (Å²) in [6, 6.07) is 1.04. The van der Waals surface area contributed by atoms with E-state index in [1.807, 2.05) is 7.05 Å². The van der Waals surface area contributed by atoms with Gasteiger partial charge in [0.25, 0.3) is 0 Å². The van der Waals surface area contributed by atoms with Crippen molar-refractivity contribution in [2.75, 3.05) is 32.1 Å². The molecule has 0 aromatic heterocycles. The Morgan fingerprint density at radius 1 is 1.35 bits per heavy atom. The van der Waals surface area contributed by atoms with Crippen molar-refractivity contribution in [3.05, 3.63) is 0 Å². The summed E-state index contributed by atoms with van der Waals surface area (Å²) < 4.78 is 22.3. The van der Waals surface area contributed by atoms with E-state index in [0.29, 0.717) is 18.6 Å². The Bertz CT molecular complexity index is 316. The quantitative estimate of drug-likeness (QED) is 0.740. The van der Waals surface area contributed by atoms with E-state index in [1.165, 1.54) is 25.5 Å². The van der Waals surface area contributed by atoms with E-state index in [4.69, 9.17) is 0 Å². The fourth-order valence-corrected chi connectivity index (χ4v) is 3.13. The summed E-state index contributed by atoms with van der Waals surface area (Å²) in [4.78, 5) is 2.21. The van der Waals surface area contributed by atoms with Crippen molar-refractivity contribution in [2.45, 2.75) is 44.7 Å². The minimum atomic E-state index is -2.85. The highest BCUT2D eigenvalue weighted by molar-refractivity contribution is 7.90. The molecule has 0 spiro atoms. The number of nitrogens with zero attached hydrogens (tertiary/aromatic N) is 1. The van der Waals surface area contributed by atoms with Gasteiger partial charge in [0, 0.05) is 24.9 Å². The molecule has 0 radical (unpaired) electrons. The molecule has 102 valence electrons. The molecule has 1 aliphatic carbocycles. The van der Waals surface area contributed by atoms with Gasteiger partial charge in [0.15, 0.2) is 0 Å². The van der Waals surface area contributed by atoms with E-state index in [1.54, 1.807) is 0 Å². The first-order chi connectivity index (χ1) is 7.94. The monoisotopic (exact) mass is 262 g/mol. The van der Waals surface area contributed by atoms with Crippen LogP contribution in [0.2, 0.25) is 0 Å². The Morgan fingerprint density at radius 3 is 2.65 bits per heavy atom. The molecular formula is C12H26N2O2S. The number of rotatable bonds is 7. The summed E-state index contributed by atoms with van der Waals surface area (Å²) >= 11 is 0. The number of nitrogens with one attached hydrogen (secondary N) is 1. The molecule has 1 N–H and O–H groups in total. The Hall–Kier alpha value is -0.130. The molecule has 1 aliphatic rings. The Kier molecular flexibility index (Phi) is 5.89. The summed E-state index contributed by atoms with van der Waals surface area (Å²) in [5.74, 6) is 0.264. The van der Waals surface area contributed by atoms with Crippen LogP contribution < -0.4 is 5.32 Å². The molecule has 0 amide bonds. The molecule has 5 heteroatoms. The van der Waals surface area contributed by atoms with Gasteiger partial charge in [-0.3, -0.25) is 0 Å². The van der Waals surface area contributed by atoms with Gasteiger partial charge in [-0.25, -0.2) is 8.42 Å². The maximum atomic E-state index is 11.2. The molecule has 4 nitrogen and oxygen atoms in total. The second kappa shape index (κ2) is 6.71. The fourth-order valence-electron chi connectivity index (χ4n) is 2.51. The van der Waals surface area contributed by atoms with E-state index >= 15 is 0 Å². The van der Waals surface area contributed by atoms with Crippen molar-refractivity contribution in [1.29, 1.82) is 0 Å². The third-order valence-corrected chi connectivity index (χ3v) is 4.44. The zero-order chi connectivity index (χ0) is 12.9. The van der Waals surface area contributed by atoms with Gasteiger partial charge in [-0.2, -0.15) is 0 Å². The smallest absolute Gasteiger partial charge is 0.148 e. The lowest BCUT2D eigenvalue weighted by Crippen LogP contribution is -2.46. The van der Waals surface area contributed by atoms with Crippen LogP contribution in [0.4, 0.5) is 0 Å². The van der Waals surface area contributed by atoms with E-state index < -0.39 is 9.84 Å². The van der Waals surface area contributed by atoms with Gasteiger partial charge in [-0.15, -0.1) is 0 Å². The first kappa shape index (κ1) is 14.9. The van der Waals surface area contributed by atoms with E-state index in [2.05, 4.69) is 17.1 Å². The van der Waals surface area contributed by atoms with E-state index in [-0.39, 0.29) is 5.75 Å². The van der Waals surface area contributed by atoms with Gasteiger partial charge >= 0.3 is 0 Å². The molecule has 0 aliphatic heterocycles. The third kappa shape index (κ3) is 5.36. The maximum Gasteiger partial charge on any atom is 0.148 e. The number of likely N-dealkylation sites (N-methyl/N-ethyl adjacent to an activating group) is 1. The average molecular weight is 262 g/mol. The predicted molar refractivity (Wildman–Crippen MR) is 72.1 cm³/mol. The van der Waals surface area contributed by atoms with Crippen molar-refractivity contribution in [3.63, 3.8) is 0 Å². The standard InChI is InChI=1S/C12H26N2O2S/c1-4-8-13-11-6-5-7-12(11)14(2)9-10-17(3,15)16/h11-13H,4-10H2,1-3H3. The largest absolute Gasteiger partial charge is 0.312 e. The van der Waals surface area contributed by atoms with Crippen molar-refractivity contribution in [2.24, 2.45) is 0 Å². The van der Waals surface area contributed by atoms with Crippen LogP contribution in [-0.4, -0.2) is 57.5 Å². The van der Waals surface area contributed by atoms with Gasteiger partial charge in [-0.05, 0) is 32.9 Å². The highest BCUT2D eigenvalue weighted by Crippen LogP contribution is 2.23. The first-order valence-corrected chi connectivity index (χ1v) is 8.61. The van der Waals surface area contributed by atoms with Crippen molar-refractivity contribution >= 4 is 9.84 Å². The molecule has 0 heterocycles. The SMILES string of the molecule is CCCNC1CCCC1N(C)CCS(C)(=O)=O. The van der Waals surface area contributed by atoms with Crippen LogP contribution in [0, 0.1) is 0 Å². The molecule has 1 fully saturated rings. The lowest BCUT2D eigenvalue weighted by atomic mass is 10.1. The van der Waals surface area contributed by atoms with Gasteiger partial charge < -0.3 is 10.2 Å². The zero-order valence-corrected chi connectivity index (χ0v) is 12.1. The lowest BCUT2D eigenvalue weighted by Gasteiger charge is -2.30. The molecular weight excluding hydrogens is 236 g/mol. The highest BCUT2D eigenvalue weighted by atomic mass is 32.2. The number of sulfone groups is 1. The Morgan fingerprint density at radius 2 is 2.06 bits per heavy atom.